The summed E-state index contributed by atoms with van der Waals surface area (Å²) in [6.45, 7) is 0. The van der Waals surface area contributed by atoms with Crippen molar-refractivity contribution in [1.82, 2.24) is 0 Å². The molecule has 1 atom stereocenters. The highest BCUT2D eigenvalue weighted by Crippen LogP contribution is 2.37. The molecule has 1 aliphatic carbocycles. The fraction of sp³-hybridized carbons (Fsp3) is 1.00. The summed E-state index contributed by atoms with van der Waals surface area (Å²) in [6.07, 6.45) is -0.492. The molecule has 0 radical (unpaired) electrons. The second-order valence-corrected chi connectivity index (χ2v) is 2.73. The van der Waals surface area contributed by atoms with Crippen molar-refractivity contribution in [2.75, 3.05) is 0 Å². The van der Waals surface area contributed by atoms with Gasteiger partial charge < -0.3 is 0 Å². The SMILES string of the molecule is O=[N+]([O-])C1CCC1([N+](=O)[O-])[N+](=O)[O-]. The molecule has 1 fully saturated rings. The van der Waals surface area contributed by atoms with E-state index in [-0.39, 0.29) is 12.8 Å². The molecule has 9 nitrogen and oxygen atoms in total. The lowest BCUT2D eigenvalue weighted by molar-refractivity contribution is -0.852. The molecule has 0 aromatic carbocycles. The zero-order valence-corrected chi connectivity index (χ0v) is 6.28. The van der Waals surface area contributed by atoms with Crippen molar-refractivity contribution in [3.8, 4) is 0 Å². The fourth-order valence-corrected chi connectivity index (χ4v) is 1.30. The van der Waals surface area contributed by atoms with Gasteiger partial charge >= 0.3 is 11.7 Å². The zero-order valence-electron chi connectivity index (χ0n) is 6.28. The number of nitro groups is 3. The van der Waals surface area contributed by atoms with Gasteiger partial charge in [0.1, 0.15) is 16.3 Å². The van der Waals surface area contributed by atoms with Crippen molar-refractivity contribution in [3.63, 3.8) is 0 Å². The molecule has 0 amide bonds. The predicted octanol–water partition coefficient (Wildman–Crippen LogP) is -0.325. The summed E-state index contributed by atoms with van der Waals surface area (Å²) in [4.78, 5) is 27.5. The minimum Gasteiger partial charge on any atom is -0.264 e. The maximum Gasteiger partial charge on any atom is 0.522 e. The van der Waals surface area contributed by atoms with E-state index in [2.05, 4.69) is 0 Å². The number of hydrogen-bond donors (Lipinski definition) is 0. The van der Waals surface area contributed by atoms with Crippen LogP contribution >= 0.6 is 0 Å². The average molecular weight is 191 g/mol. The predicted molar refractivity (Wildman–Crippen MR) is 36.7 cm³/mol. The lowest BCUT2D eigenvalue weighted by Gasteiger charge is -2.26. The Balaban J connectivity index is 3.01. The van der Waals surface area contributed by atoms with E-state index in [1.54, 1.807) is 0 Å². The highest BCUT2D eigenvalue weighted by molar-refractivity contribution is 4.88. The van der Waals surface area contributed by atoms with Gasteiger partial charge in [-0.3, -0.25) is 30.3 Å². The first kappa shape index (κ1) is 9.29. The van der Waals surface area contributed by atoms with Gasteiger partial charge in [0.15, 0.2) is 0 Å². The van der Waals surface area contributed by atoms with E-state index in [4.69, 9.17) is 0 Å². The van der Waals surface area contributed by atoms with Crippen LogP contribution in [0.2, 0.25) is 0 Å². The summed E-state index contributed by atoms with van der Waals surface area (Å²) in [5.74, 6) is 0. The first-order valence-electron chi connectivity index (χ1n) is 3.35. The van der Waals surface area contributed by atoms with Gasteiger partial charge in [-0.05, 0) is 0 Å². The monoisotopic (exact) mass is 191 g/mol. The van der Waals surface area contributed by atoms with E-state index in [0.717, 1.165) is 0 Å². The molecule has 1 rings (SSSR count). The molecular formula is C4H5N3O6. The van der Waals surface area contributed by atoms with E-state index in [9.17, 15) is 30.3 Å². The summed E-state index contributed by atoms with van der Waals surface area (Å²) in [6, 6.07) is -1.70. The Kier molecular flexibility index (Phi) is 1.86. The van der Waals surface area contributed by atoms with Crippen LogP contribution in [0.1, 0.15) is 12.8 Å². The number of hydrogen-bond acceptors (Lipinski definition) is 6. The van der Waals surface area contributed by atoms with Crippen LogP contribution in [-0.4, -0.2) is 26.5 Å². The number of rotatable bonds is 3. The van der Waals surface area contributed by atoms with Gasteiger partial charge in [0, 0.05) is 11.3 Å². The van der Waals surface area contributed by atoms with Gasteiger partial charge in [0.25, 0.3) is 0 Å². The van der Waals surface area contributed by atoms with Crippen LogP contribution in [0.25, 0.3) is 0 Å². The molecule has 0 saturated heterocycles. The molecule has 1 saturated carbocycles. The summed E-state index contributed by atoms with van der Waals surface area (Å²) in [5.41, 5.74) is -2.59. The third-order valence-electron chi connectivity index (χ3n) is 2.21. The highest BCUT2D eigenvalue weighted by atomic mass is 16.7. The van der Waals surface area contributed by atoms with E-state index in [1.165, 1.54) is 0 Å². The van der Waals surface area contributed by atoms with Crippen molar-refractivity contribution < 1.29 is 14.8 Å². The minimum absolute atomic E-state index is 0.116. The zero-order chi connectivity index (χ0) is 10.2. The van der Waals surface area contributed by atoms with Gasteiger partial charge in [-0.2, -0.15) is 0 Å². The summed E-state index contributed by atoms with van der Waals surface area (Å²) >= 11 is 0. The van der Waals surface area contributed by atoms with Gasteiger partial charge in [0.2, 0.25) is 0 Å². The minimum atomic E-state index is -2.59. The average Bonchev–Trinajstić information content (AvgIpc) is 1.80. The molecule has 9 heteroatoms. The van der Waals surface area contributed by atoms with Gasteiger partial charge in [-0.1, -0.05) is 0 Å². The van der Waals surface area contributed by atoms with Crippen molar-refractivity contribution in [3.05, 3.63) is 30.3 Å². The Morgan fingerprint density at radius 2 is 1.54 bits per heavy atom. The topological polar surface area (TPSA) is 129 Å². The van der Waals surface area contributed by atoms with Crippen molar-refractivity contribution in [2.45, 2.75) is 24.5 Å². The molecule has 0 bridgehead atoms. The first-order valence-corrected chi connectivity index (χ1v) is 3.35. The number of nitrogens with zero attached hydrogens (tertiary/aromatic N) is 3. The molecule has 0 aromatic rings. The van der Waals surface area contributed by atoms with Crippen LogP contribution < -0.4 is 0 Å². The molecule has 0 aliphatic heterocycles. The van der Waals surface area contributed by atoms with Crippen LogP contribution in [0, 0.1) is 30.3 Å². The summed E-state index contributed by atoms with van der Waals surface area (Å²) in [5, 5.41) is 30.8. The van der Waals surface area contributed by atoms with Crippen LogP contribution in [0.5, 0.6) is 0 Å². The second kappa shape index (κ2) is 2.61. The molecule has 0 N–H and O–H groups in total. The van der Waals surface area contributed by atoms with Crippen LogP contribution in [0.3, 0.4) is 0 Å². The Bertz CT molecular complexity index is 274. The quantitative estimate of drug-likeness (QED) is 0.341. The molecular weight excluding hydrogens is 186 g/mol. The Morgan fingerprint density at radius 1 is 1.08 bits per heavy atom. The highest BCUT2D eigenvalue weighted by Gasteiger charge is 2.77. The normalized spacial score (nSPS) is 24.5. The lowest BCUT2D eigenvalue weighted by atomic mass is 9.80. The molecule has 72 valence electrons. The summed E-state index contributed by atoms with van der Waals surface area (Å²) < 4.78 is 0. The van der Waals surface area contributed by atoms with Crippen LogP contribution in [0.15, 0.2) is 0 Å². The molecule has 0 aromatic heterocycles. The van der Waals surface area contributed by atoms with Gasteiger partial charge in [0.05, 0.1) is 0 Å². The fourth-order valence-electron chi connectivity index (χ4n) is 1.30. The standard InChI is InChI=1S/C4H5N3O6/c8-5(9)3-1-2-4(3,6(10)11)7(12)13/h3H,1-2H2. The Labute approximate surface area is 70.8 Å². The van der Waals surface area contributed by atoms with E-state index in [1.807, 2.05) is 0 Å². The van der Waals surface area contributed by atoms with E-state index >= 15 is 0 Å². The van der Waals surface area contributed by atoms with Crippen LogP contribution in [0.4, 0.5) is 0 Å². The van der Waals surface area contributed by atoms with E-state index in [0.29, 0.717) is 0 Å². The third-order valence-corrected chi connectivity index (χ3v) is 2.21. The molecule has 0 heterocycles. The molecule has 1 unspecified atom stereocenters. The maximum atomic E-state index is 10.3. The smallest absolute Gasteiger partial charge is 0.264 e. The van der Waals surface area contributed by atoms with Crippen LogP contribution in [-0.2, 0) is 0 Å². The van der Waals surface area contributed by atoms with Crippen molar-refractivity contribution >= 4 is 0 Å². The molecule has 1 aliphatic rings. The lowest BCUT2D eigenvalue weighted by Crippen LogP contribution is -2.65. The second-order valence-electron chi connectivity index (χ2n) is 2.73. The third kappa shape index (κ3) is 0.999. The maximum absolute atomic E-state index is 10.3. The Hall–Kier alpha value is -1.80. The van der Waals surface area contributed by atoms with Crippen molar-refractivity contribution in [1.29, 1.82) is 0 Å². The van der Waals surface area contributed by atoms with Gasteiger partial charge in [-0.25, -0.2) is 0 Å². The first-order chi connectivity index (χ1) is 5.93. The Morgan fingerprint density at radius 3 is 1.62 bits per heavy atom. The molecule has 13 heavy (non-hydrogen) atoms. The largest absolute Gasteiger partial charge is 0.522 e. The van der Waals surface area contributed by atoms with Crippen molar-refractivity contribution in [2.24, 2.45) is 0 Å². The van der Waals surface area contributed by atoms with E-state index < -0.39 is 26.5 Å². The summed E-state index contributed by atoms with van der Waals surface area (Å²) in [7, 11) is 0. The van der Waals surface area contributed by atoms with Gasteiger partial charge in [-0.15, -0.1) is 0 Å². The molecule has 0 spiro atoms.